The van der Waals surface area contributed by atoms with Gasteiger partial charge in [0.15, 0.2) is 0 Å². The minimum atomic E-state index is 0. The van der Waals surface area contributed by atoms with Crippen LogP contribution in [0.2, 0.25) is 0 Å². The van der Waals surface area contributed by atoms with Crippen LogP contribution in [0, 0.1) is 13.8 Å². The summed E-state index contributed by atoms with van der Waals surface area (Å²) in [6, 6.07) is 62.8. The van der Waals surface area contributed by atoms with E-state index in [-0.39, 0.29) is 51.0 Å². The van der Waals surface area contributed by atoms with E-state index in [0.29, 0.717) is 0 Å². The van der Waals surface area contributed by atoms with Gasteiger partial charge in [-0.05, 0) is 79.2 Å². The van der Waals surface area contributed by atoms with E-state index in [9.17, 15) is 0 Å². The maximum atomic E-state index is 3.38. The zero-order valence-electron chi connectivity index (χ0n) is 34.8. The maximum absolute atomic E-state index is 3.38. The molecule has 0 nitrogen and oxygen atoms in total. The van der Waals surface area contributed by atoms with Gasteiger partial charge in [0.2, 0.25) is 0 Å². The van der Waals surface area contributed by atoms with Gasteiger partial charge in [-0.15, -0.1) is 69.1 Å². The largest absolute Gasteiger partial charge is 2.00 e. The summed E-state index contributed by atoms with van der Waals surface area (Å²) < 4.78 is 0. The van der Waals surface area contributed by atoms with E-state index in [1.165, 1.54) is 137 Å². The van der Waals surface area contributed by atoms with Crippen LogP contribution in [0.3, 0.4) is 0 Å². The molecule has 0 heterocycles. The molecule has 0 N–H and O–H groups in total. The van der Waals surface area contributed by atoms with Gasteiger partial charge in [0.25, 0.3) is 0 Å². The van der Waals surface area contributed by atoms with Crippen molar-refractivity contribution in [1.29, 1.82) is 0 Å². The third-order valence-corrected chi connectivity index (χ3v) is 11.3. The van der Waals surface area contributed by atoms with Crippen LogP contribution in [0.25, 0.3) is 86.9 Å². The van der Waals surface area contributed by atoms with Crippen LogP contribution in [0.15, 0.2) is 170 Å². The van der Waals surface area contributed by atoms with E-state index in [2.05, 4.69) is 198 Å². The van der Waals surface area contributed by atoms with Gasteiger partial charge in [0.1, 0.15) is 0 Å². The number of aryl methyl sites for hydroxylation is 2. The minimum Gasteiger partial charge on any atom is -1.00 e. The molecular weight excluding hydrogens is 847 g/mol. The number of hydrogen-bond donors (Lipinski definition) is 0. The first-order valence-electron chi connectivity index (χ1n) is 20.9. The van der Waals surface area contributed by atoms with Crippen molar-refractivity contribution in [2.24, 2.45) is 0 Å². The Labute approximate surface area is 388 Å². The number of unbranched alkanes of at least 4 members (excludes halogenated alkanes) is 2. The van der Waals surface area contributed by atoms with E-state index in [4.69, 9.17) is 0 Å². The minimum absolute atomic E-state index is 0. The summed E-state index contributed by atoms with van der Waals surface area (Å²) in [5, 5.41) is 16.0. The van der Waals surface area contributed by atoms with Crippen LogP contribution >= 0.6 is 0 Å². The molecule has 3 heteroatoms. The van der Waals surface area contributed by atoms with Crippen molar-refractivity contribution in [2.75, 3.05) is 0 Å². The Kier molecular flexibility index (Phi) is 16.9. The smallest absolute Gasteiger partial charge is 1.00 e. The standard InChI is InChI=1S/2C27H23.C3H6.2ClH.Zr/c2*1-2-3-9-19-16-20-12-8-15-25(26(20)17-19)27-23-13-6-4-10-21(23)18-22-11-5-7-14-24(22)27;1-3-2;;;/h2*4-8,10-18H,2-3,9H2,1H3;1-3H2;2*1H;/q2*-1;-2;;;+2/p-2. The molecule has 0 amide bonds. The molecular formula is C57H52Cl2Zr-4. The molecule has 0 aliphatic heterocycles. The number of fused-ring (bicyclic) bond motifs is 6. The van der Waals surface area contributed by atoms with E-state index >= 15 is 0 Å². The first-order chi connectivity index (χ1) is 28.1. The monoisotopic (exact) mass is 896 g/mol. The molecule has 0 unspecified atom stereocenters. The first kappa shape index (κ1) is 46.5. The van der Waals surface area contributed by atoms with Gasteiger partial charge in [0, 0.05) is 0 Å². The normalized spacial score (nSPS) is 10.7. The SMILES string of the molecule is CCCCc1cc2c(-c3c4ccccc4cc4ccccc34)cccc2[cH-]1.CCCCc1cc2c(-c3c4ccccc4cc4ccccc34)cccc2[cH-]1.[CH2-]C[CH2-].[Cl-].[Cl-].[Zr+2]. The van der Waals surface area contributed by atoms with E-state index in [0.717, 1.165) is 6.42 Å². The van der Waals surface area contributed by atoms with Crippen molar-refractivity contribution >= 4 is 64.6 Å². The van der Waals surface area contributed by atoms with Crippen LogP contribution in [-0.4, -0.2) is 0 Å². The quantitative estimate of drug-likeness (QED) is 0.105. The Hall–Kier alpha value is -4.52. The molecule has 0 aromatic heterocycles. The molecule has 0 saturated carbocycles. The summed E-state index contributed by atoms with van der Waals surface area (Å²) >= 11 is 0. The second-order valence-electron chi connectivity index (χ2n) is 15.3. The second-order valence-corrected chi connectivity index (χ2v) is 15.3. The Morgan fingerprint density at radius 2 is 0.717 bits per heavy atom. The second kappa shape index (κ2) is 21.8. The van der Waals surface area contributed by atoms with Crippen LogP contribution in [0.4, 0.5) is 0 Å². The molecule has 10 rings (SSSR count). The number of halogens is 2. The van der Waals surface area contributed by atoms with E-state index in [1.54, 1.807) is 0 Å². The Balaban J connectivity index is 0.000000204. The fraction of sp³-hybridized carbons (Fsp3) is 0.158. The van der Waals surface area contributed by atoms with E-state index in [1.807, 2.05) is 0 Å². The van der Waals surface area contributed by atoms with Crippen LogP contribution in [-0.2, 0) is 39.0 Å². The molecule has 0 spiro atoms. The molecule has 60 heavy (non-hydrogen) atoms. The van der Waals surface area contributed by atoms with Crippen LogP contribution < -0.4 is 24.8 Å². The van der Waals surface area contributed by atoms with Gasteiger partial charge in [0.05, 0.1) is 0 Å². The average Bonchev–Trinajstić information content (AvgIpc) is 3.88. The average molecular weight is 899 g/mol. The first-order valence-corrected chi connectivity index (χ1v) is 20.9. The van der Waals surface area contributed by atoms with Crippen molar-refractivity contribution < 1.29 is 51.0 Å². The summed E-state index contributed by atoms with van der Waals surface area (Å²) in [4.78, 5) is 0. The van der Waals surface area contributed by atoms with Crippen LogP contribution in [0.1, 0.15) is 57.1 Å². The van der Waals surface area contributed by atoms with Crippen molar-refractivity contribution in [2.45, 2.75) is 58.8 Å². The van der Waals surface area contributed by atoms with Crippen LogP contribution in [0.5, 0.6) is 0 Å². The topological polar surface area (TPSA) is 0 Å². The van der Waals surface area contributed by atoms with Gasteiger partial charge in [-0.2, -0.15) is 12.1 Å². The molecule has 10 aromatic carbocycles. The molecule has 0 aliphatic rings. The Morgan fingerprint density at radius 3 is 1.03 bits per heavy atom. The summed E-state index contributed by atoms with van der Waals surface area (Å²) in [7, 11) is 0. The molecule has 0 fully saturated rings. The number of rotatable bonds is 8. The fourth-order valence-corrected chi connectivity index (χ4v) is 8.69. The zero-order valence-corrected chi connectivity index (χ0v) is 38.8. The Bertz CT molecular complexity index is 2640. The Morgan fingerprint density at radius 1 is 0.400 bits per heavy atom. The molecule has 10 aromatic rings. The van der Waals surface area contributed by atoms with Gasteiger partial charge in [-0.3, -0.25) is 0 Å². The fourth-order valence-electron chi connectivity index (χ4n) is 8.69. The third-order valence-electron chi connectivity index (χ3n) is 11.3. The third kappa shape index (κ3) is 9.66. The molecule has 302 valence electrons. The van der Waals surface area contributed by atoms with Crippen molar-refractivity contribution in [3.8, 4) is 22.3 Å². The van der Waals surface area contributed by atoms with Crippen molar-refractivity contribution in [3.63, 3.8) is 0 Å². The predicted molar refractivity (Wildman–Crippen MR) is 253 cm³/mol. The number of hydrogen-bond acceptors (Lipinski definition) is 0. The van der Waals surface area contributed by atoms with Gasteiger partial charge in [-0.1, -0.05) is 160 Å². The molecule has 0 atom stereocenters. The van der Waals surface area contributed by atoms with E-state index < -0.39 is 0 Å². The summed E-state index contributed by atoms with van der Waals surface area (Å²) in [5.41, 5.74) is 8.35. The molecule has 0 aliphatic carbocycles. The zero-order chi connectivity index (χ0) is 39.1. The predicted octanol–water partition coefficient (Wildman–Crippen LogP) is 10.8. The van der Waals surface area contributed by atoms with Gasteiger partial charge in [-0.25, -0.2) is 0 Å². The number of benzene rings is 8. The van der Waals surface area contributed by atoms with Gasteiger partial charge >= 0.3 is 26.2 Å². The molecule has 0 saturated heterocycles. The summed E-state index contributed by atoms with van der Waals surface area (Å²) in [5.74, 6) is 0. The summed E-state index contributed by atoms with van der Waals surface area (Å²) in [6.07, 6.45) is 8.07. The summed E-state index contributed by atoms with van der Waals surface area (Å²) in [6.45, 7) is 11.3. The van der Waals surface area contributed by atoms with Gasteiger partial charge < -0.3 is 45.1 Å². The molecule has 0 radical (unpaired) electrons. The van der Waals surface area contributed by atoms with Crippen molar-refractivity contribution in [3.05, 3.63) is 195 Å². The molecule has 0 bridgehead atoms. The maximum Gasteiger partial charge on any atom is 2.00 e. The van der Waals surface area contributed by atoms with Crippen molar-refractivity contribution in [1.82, 2.24) is 0 Å².